The van der Waals surface area contributed by atoms with Crippen LogP contribution >= 0.6 is 23.8 Å². The summed E-state index contributed by atoms with van der Waals surface area (Å²) in [6.45, 7) is 4.76. The summed E-state index contributed by atoms with van der Waals surface area (Å²) in [7, 11) is 0. The van der Waals surface area contributed by atoms with Crippen LogP contribution in [0.15, 0.2) is 59.8 Å². The quantitative estimate of drug-likeness (QED) is 0.277. The zero-order chi connectivity index (χ0) is 21.5. The number of hydrazone groups is 1. The van der Waals surface area contributed by atoms with Crippen molar-refractivity contribution in [2.24, 2.45) is 5.10 Å². The minimum atomic E-state index is -0.348. The summed E-state index contributed by atoms with van der Waals surface area (Å²) in [6, 6.07) is 14.5. The average Bonchev–Trinajstić information content (AvgIpc) is 3.17. The molecule has 0 amide bonds. The van der Waals surface area contributed by atoms with Crippen molar-refractivity contribution in [1.82, 2.24) is 9.99 Å². The minimum absolute atomic E-state index is 0.348. The van der Waals surface area contributed by atoms with E-state index in [-0.39, 0.29) is 5.82 Å². The third-order valence-electron chi connectivity index (χ3n) is 4.82. The number of rotatable bonds is 7. The Bertz CT molecular complexity index is 1040. The summed E-state index contributed by atoms with van der Waals surface area (Å²) in [5.41, 5.74) is 8.06. The van der Waals surface area contributed by atoms with Gasteiger partial charge in [-0.3, -0.25) is 5.43 Å². The number of anilines is 1. The Hall–Kier alpha value is -2.70. The van der Waals surface area contributed by atoms with Gasteiger partial charge in [0.05, 0.1) is 11.9 Å². The first-order valence-electron chi connectivity index (χ1n) is 9.81. The number of hydrogen-bond acceptors (Lipinski definition) is 2. The maximum Gasteiger partial charge on any atom is 0.191 e. The Balaban J connectivity index is 1.66. The topological polar surface area (TPSA) is 41.4 Å². The Labute approximate surface area is 186 Å². The summed E-state index contributed by atoms with van der Waals surface area (Å²) in [5.74, 6) is -0.348. The van der Waals surface area contributed by atoms with Crippen molar-refractivity contribution in [2.75, 3.05) is 5.32 Å². The smallest absolute Gasteiger partial charge is 0.191 e. The Morgan fingerprint density at radius 3 is 2.50 bits per heavy atom. The second-order valence-corrected chi connectivity index (χ2v) is 7.59. The van der Waals surface area contributed by atoms with E-state index in [0.29, 0.717) is 16.7 Å². The van der Waals surface area contributed by atoms with Crippen LogP contribution in [-0.2, 0) is 19.4 Å². The molecule has 0 aliphatic heterocycles. The molecule has 2 N–H and O–H groups in total. The van der Waals surface area contributed by atoms with Crippen molar-refractivity contribution < 1.29 is 4.39 Å². The van der Waals surface area contributed by atoms with Gasteiger partial charge in [-0.05, 0) is 66.0 Å². The molecule has 7 heteroatoms. The molecule has 0 bridgehead atoms. The number of aryl methyl sites for hydroxylation is 2. The zero-order valence-corrected chi connectivity index (χ0v) is 18.5. The lowest BCUT2D eigenvalue weighted by atomic mass is 10.0. The molecule has 0 fully saturated rings. The van der Waals surface area contributed by atoms with Gasteiger partial charge in [0.1, 0.15) is 5.82 Å². The molecule has 0 atom stereocenters. The summed E-state index contributed by atoms with van der Waals surface area (Å²) < 4.78 is 15.2. The lowest BCUT2D eigenvalue weighted by Gasteiger charge is -2.15. The molecule has 0 saturated carbocycles. The van der Waals surface area contributed by atoms with Crippen molar-refractivity contribution in [3.8, 4) is 0 Å². The second-order valence-electron chi connectivity index (χ2n) is 6.78. The van der Waals surface area contributed by atoms with Gasteiger partial charge in [-0.1, -0.05) is 49.7 Å². The molecule has 3 aromatic rings. The van der Waals surface area contributed by atoms with Crippen LogP contribution in [0, 0.1) is 5.82 Å². The molecule has 1 heterocycles. The first kappa shape index (κ1) is 22.0. The highest BCUT2D eigenvalue weighted by atomic mass is 35.5. The fraction of sp³-hybridized carbons (Fsp3) is 0.217. The molecule has 0 aliphatic rings. The maximum atomic E-state index is 13.3. The van der Waals surface area contributed by atoms with E-state index in [9.17, 15) is 4.39 Å². The molecule has 1 aromatic heterocycles. The van der Waals surface area contributed by atoms with Crippen LogP contribution in [0.2, 0.25) is 5.02 Å². The van der Waals surface area contributed by atoms with Crippen molar-refractivity contribution in [3.05, 3.63) is 88.0 Å². The van der Waals surface area contributed by atoms with Gasteiger partial charge in [-0.15, -0.1) is 0 Å². The highest BCUT2D eigenvalue weighted by Crippen LogP contribution is 2.22. The van der Waals surface area contributed by atoms with Gasteiger partial charge in [0.2, 0.25) is 0 Å². The number of nitrogens with zero attached hydrogens (tertiary/aromatic N) is 2. The molecule has 2 aromatic carbocycles. The lowest BCUT2D eigenvalue weighted by molar-refractivity contribution is 0.626. The van der Waals surface area contributed by atoms with Crippen molar-refractivity contribution in [2.45, 2.75) is 33.2 Å². The van der Waals surface area contributed by atoms with Crippen molar-refractivity contribution in [3.63, 3.8) is 0 Å². The number of thiocarbonyl (C=S) groups is 1. The van der Waals surface area contributed by atoms with Crippen LogP contribution in [0.5, 0.6) is 0 Å². The Morgan fingerprint density at radius 1 is 1.10 bits per heavy atom. The van der Waals surface area contributed by atoms with E-state index in [0.717, 1.165) is 29.8 Å². The molecule has 30 heavy (non-hydrogen) atoms. The lowest BCUT2D eigenvalue weighted by Crippen LogP contribution is -2.25. The molecule has 0 radical (unpaired) electrons. The van der Waals surface area contributed by atoms with Gasteiger partial charge < -0.3 is 9.88 Å². The van der Waals surface area contributed by atoms with Gasteiger partial charge in [-0.25, -0.2) is 4.39 Å². The number of para-hydroxylation sites is 1. The molecule has 0 spiro atoms. The summed E-state index contributed by atoms with van der Waals surface area (Å²) in [5, 5.41) is 8.37. The van der Waals surface area contributed by atoms with Crippen LogP contribution in [0.1, 0.15) is 36.2 Å². The molecular weight excluding hydrogens is 419 g/mol. The van der Waals surface area contributed by atoms with Gasteiger partial charge >= 0.3 is 0 Å². The molecule has 156 valence electrons. The summed E-state index contributed by atoms with van der Waals surface area (Å²) in [4.78, 5) is 0. The third-order valence-corrected chi connectivity index (χ3v) is 5.37. The highest BCUT2D eigenvalue weighted by Gasteiger charge is 2.08. The van der Waals surface area contributed by atoms with Crippen molar-refractivity contribution >= 4 is 40.8 Å². The van der Waals surface area contributed by atoms with Crippen LogP contribution < -0.4 is 10.7 Å². The van der Waals surface area contributed by atoms with Crippen LogP contribution in [-0.4, -0.2) is 15.9 Å². The maximum absolute atomic E-state index is 13.3. The Kier molecular flexibility index (Phi) is 7.60. The Morgan fingerprint density at radius 2 is 1.83 bits per heavy atom. The third kappa shape index (κ3) is 5.46. The molecule has 0 unspecified atom stereocenters. The molecule has 4 nitrogen and oxygen atoms in total. The largest absolute Gasteiger partial charge is 0.342 e. The van der Waals surface area contributed by atoms with Gasteiger partial charge in [-0.2, -0.15) is 5.10 Å². The van der Waals surface area contributed by atoms with E-state index < -0.39 is 0 Å². The van der Waals surface area contributed by atoms with E-state index >= 15 is 0 Å². The molecule has 0 saturated heterocycles. The monoisotopic (exact) mass is 442 g/mol. The number of benzene rings is 2. The SMILES string of the molecule is CCc1cccc(CC)c1NC(=S)N/N=C\c1cccn1Cc1ccc(F)cc1Cl. The van der Waals surface area contributed by atoms with Gasteiger partial charge in [0.25, 0.3) is 0 Å². The fourth-order valence-electron chi connectivity index (χ4n) is 3.22. The summed E-state index contributed by atoms with van der Waals surface area (Å²) >= 11 is 11.6. The first-order chi connectivity index (χ1) is 14.5. The van der Waals surface area contributed by atoms with E-state index in [4.69, 9.17) is 23.8 Å². The normalized spacial score (nSPS) is 11.1. The molecular formula is C23H24ClFN4S. The van der Waals surface area contributed by atoms with Crippen LogP contribution in [0.25, 0.3) is 0 Å². The standard InChI is InChI=1S/C23H24ClFN4S/c1-3-16-7-5-8-17(4-2)22(16)27-23(30)28-26-14-20-9-6-12-29(20)15-18-10-11-19(25)13-21(18)24/h5-14H,3-4,15H2,1-2H3,(H2,27,28,30)/b26-14-. The van der Waals surface area contributed by atoms with E-state index in [2.05, 4.69) is 47.9 Å². The van der Waals surface area contributed by atoms with Gasteiger partial charge in [0, 0.05) is 23.5 Å². The predicted molar refractivity (Wildman–Crippen MR) is 127 cm³/mol. The highest BCUT2D eigenvalue weighted by molar-refractivity contribution is 7.80. The molecule has 3 rings (SSSR count). The number of nitrogens with one attached hydrogen (secondary N) is 2. The van der Waals surface area contributed by atoms with Gasteiger partial charge in [0.15, 0.2) is 5.11 Å². The predicted octanol–water partition coefficient (Wildman–Crippen LogP) is 5.77. The molecule has 0 aliphatic carbocycles. The fourth-order valence-corrected chi connectivity index (χ4v) is 3.61. The zero-order valence-electron chi connectivity index (χ0n) is 17.0. The number of hydrogen-bond donors (Lipinski definition) is 2. The van der Waals surface area contributed by atoms with E-state index in [1.54, 1.807) is 12.3 Å². The first-order valence-corrected chi connectivity index (χ1v) is 10.6. The van der Waals surface area contributed by atoms with Crippen molar-refractivity contribution in [1.29, 1.82) is 0 Å². The average molecular weight is 443 g/mol. The number of halogens is 2. The van der Waals surface area contributed by atoms with E-state index in [1.807, 2.05) is 22.9 Å². The van der Waals surface area contributed by atoms with Crippen LogP contribution in [0.4, 0.5) is 10.1 Å². The van der Waals surface area contributed by atoms with Crippen LogP contribution in [0.3, 0.4) is 0 Å². The summed E-state index contributed by atoms with van der Waals surface area (Å²) in [6.07, 6.45) is 5.45. The number of aromatic nitrogens is 1. The van der Waals surface area contributed by atoms with E-state index in [1.165, 1.54) is 23.3 Å². The second kappa shape index (κ2) is 10.4. The minimum Gasteiger partial charge on any atom is -0.342 e.